The summed E-state index contributed by atoms with van der Waals surface area (Å²) in [4.78, 5) is 0. The average molecular weight is 194 g/mol. The van der Waals surface area contributed by atoms with E-state index in [2.05, 4.69) is 13.8 Å². The highest BCUT2D eigenvalue weighted by molar-refractivity contribution is 5.85. The molecular weight excluding hydrogens is 174 g/mol. The van der Waals surface area contributed by atoms with Crippen molar-refractivity contribution in [3.8, 4) is 0 Å². The molecular formula is C9H20ClNO. The van der Waals surface area contributed by atoms with E-state index < -0.39 is 0 Å². The van der Waals surface area contributed by atoms with E-state index in [1.807, 2.05) is 0 Å². The minimum Gasteiger partial charge on any atom is -0.313 e. The first-order valence-electron chi connectivity index (χ1n) is 4.73. The Kier molecular flexibility index (Phi) is 5.89. The molecule has 0 radical (unpaired) electrons. The van der Waals surface area contributed by atoms with Crippen LogP contribution in [0, 0.1) is 0 Å². The van der Waals surface area contributed by atoms with E-state index in [9.17, 15) is 5.21 Å². The molecule has 1 rings (SSSR count). The first-order valence-corrected chi connectivity index (χ1v) is 4.73. The van der Waals surface area contributed by atoms with Crippen LogP contribution in [0.3, 0.4) is 0 Å². The summed E-state index contributed by atoms with van der Waals surface area (Å²) in [5, 5.41) is 11.2. The van der Waals surface area contributed by atoms with Crippen LogP contribution in [0.5, 0.6) is 0 Å². The number of piperidine rings is 1. The SMILES string of the molecule is CCC[C@@H]1CCC[C@H](C)N1O.Cl. The Balaban J connectivity index is 0.00000121. The molecule has 0 aromatic carbocycles. The molecule has 1 aliphatic heterocycles. The van der Waals surface area contributed by atoms with Crippen molar-refractivity contribution in [2.45, 2.75) is 58.0 Å². The molecule has 0 aliphatic carbocycles. The van der Waals surface area contributed by atoms with Crippen LogP contribution in [0.2, 0.25) is 0 Å². The van der Waals surface area contributed by atoms with E-state index in [0.717, 1.165) is 12.8 Å². The summed E-state index contributed by atoms with van der Waals surface area (Å²) in [7, 11) is 0. The summed E-state index contributed by atoms with van der Waals surface area (Å²) < 4.78 is 0. The minimum absolute atomic E-state index is 0. The van der Waals surface area contributed by atoms with Gasteiger partial charge in [0, 0.05) is 12.1 Å². The third-order valence-corrected chi connectivity index (χ3v) is 2.61. The highest BCUT2D eigenvalue weighted by Gasteiger charge is 2.25. The number of nitrogens with zero attached hydrogens (tertiary/aromatic N) is 1. The predicted octanol–water partition coefficient (Wildman–Crippen LogP) is 2.84. The lowest BCUT2D eigenvalue weighted by molar-refractivity contribution is -0.173. The van der Waals surface area contributed by atoms with Crippen molar-refractivity contribution >= 4 is 12.4 Å². The third kappa shape index (κ3) is 2.92. The first-order chi connectivity index (χ1) is 5.25. The molecule has 1 aliphatic rings. The van der Waals surface area contributed by atoms with Crippen LogP contribution in [-0.4, -0.2) is 22.4 Å². The zero-order valence-corrected chi connectivity index (χ0v) is 8.81. The molecule has 1 saturated heterocycles. The lowest BCUT2D eigenvalue weighted by Crippen LogP contribution is -2.42. The number of halogens is 1. The van der Waals surface area contributed by atoms with Crippen LogP contribution < -0.4 is 0 Å². The van der Waals surface area contributed by atoms with Gasteiger partial charge in [-0.05, 0) is 26.2 Å². The molecule has 1 N–H and O–H groups in total. The van der Waals surface area contributed by atoms with Crippen molar-refractivity contribution in [2.24, 2.45) is 0 Å². The Bertz CT molecular complexity index is 119. The monoisotopic (exact) mass is 193 g/mol. The summed E-state index contributed by atoms with van der Waals surface area (Å²) in [5.74, 6) is 0. The Morgan fingerprint density at radius 3 is 2.67 bits per heavy atom. The third-order valence-electron chi connectivity index (χ3n) is 2.61. The molecule has 1 fully saturated rings. The highest BCUT2D eigenvalue weighted by atomic mass is 35.5. The molecule has 0 aromatic rings. The fourth-order valence-corrected chi connectivity index (χ4v) is 1.88. The van der Waals surface area contributed by atoms with Crippen LogP contribution in [-0.2, 0) is 0 Å². The van der Waals surface area contributed by atoms with E-state index in [-0.39, 0.29) is 12.4 Å². The van der Waals surface area contributed by atoms with Gasteiger partial charge in [0.15, 0.2) is 0 Å². The molecule has 3 heteroatoms. The fourth-order valence-electron chi connectivity index (χ4n) is 1.88. The number of hydroxylamine groups is 2. The summed E-state index contributed by atoms with van der Waals surface area (Å²) in [5.41, 5.74) is 0. The largest absolute Gasteiger partial charge is 0.313 e. The topological polar surface area (TPSA) is 23.5 Å². The summed E-state index contributed by atoms with van der Waals surface area (Å²) in [6, 6.07) is 0.809. The standard InChI is InChI=1S/C9H19NO.ClH/c1-3-5-9-7-4-6-8(2)10(9)11;/h8-9,11H,3-7H2,1-2H3;1H/t8-,9+;/m0./s1. The van der Waals surface area contributed by atoms with Crippen LogP contribution >= 0.6 is 12.4 Å². The lowest BCUT2D eigenvalue weighted by atomic mass is 9.96. The summed E-state index contributed by atoms with van der Waals surface area (Å²) in [6.07, 6.45) is 5.92. The van der Waals surface area contributed by atoms with Crippen LogP contribution in [0.1, 0.15) is 46.0 Å². The van der Waals surface area contributed by atoms with Gasteiger partial charge >= 0.3 is 0 Å². The van der Waals surface area contributed by atoms with Gasteiger partial charge in [-0.1, -0.05) is 19.8 Å². The highest BCUT2D eigenvalue weighted by Crippen LogP contribution is 2.23. The van der Waals surface area contributed by atoms with Crippen molar-refractivity contribution in [2.75, 3.05) is 0 Å². The number of hydrogen-bond acceptors (Lipinski definition) is 2. The van der Waals surface area contributed by atoms with E-state index in [1.165, 1.54) is 19.3 Å². The van der Waals surface area contributed by atoms with Gasteiger partial charge in [-0.25, -0.2) is 0 Å². The zero-order chi connectivity index (χ0) is 8.27. The molecule has 0 amide bonds. The maximum atomic E-state index is 9.60. The summed E-state index contributed by atoms with van der Waals surface area (Å²) in [6.45, 7) is 4.27. The molecule has 2 nitrogen and oxygen atoms in total. The smallest absolute Gasteiger partial charge is 0.0353 e. The molecule has 2 atom stereocenters. The van der Waals surface area contributed by atoms with E-state index in [0.29, 0.717) is 12.1 Å². The second-order valence-corrected chi connectivity index (χ2v) is 3.60. The zero-order valence-electron chi connectivity index (χ0n) is 7.99. The van der Waals surface area contributed by atoms with Gasteiger partial charge in [0.05, 0.1) is 0 Å². The second-order valence-electron chi connectivity index (χ2n) is 3.60. The van der Waals surface area contributed by atoms with Gasteiger partial charge in [0.1, 0.15) is 0 Å². The van der Waals surface area contributed by atoms with Gasteiger partial charge in [-0.3, -0.25) is 0 Å². The fraction of sp³-hybridized carbons (Fsp3) is 1.00. The Morgan fingerprint density at radius 2 is 2.08 bits per heavy atom. The molecule has 74 valence electrons. The van der Waals surface area contributed by atoms with Crippen LogP contribution in [0.15, 0.2) is 0 Å². The van der Waals surface area contributed by atoms with Crippen molar-refractivity contribution in [3.63, 3.8) is 0 Å². The molecule has 1 heterocycles. The van der Waals surface area contributed by atoms with E-state index in [4.69, 9.17) is 0 Å². The molecule has 0 aromatic heterocycles. The molecule has 0 saturated carbocycles. The Morgan fingerprint density at radius 1 is 1.42 bits per heavy atom. The van der Waals surface area contributed by atoms with Crippen molar-refractivity contribution in [1.29, 1.82) is 0 Å². The van der Waals surface area contributed by atoms with E-state index in [1.54, 1.807) is 5.06 Å². The number of rotatable bonds is 2. The van der Waals surface area contributed by atoms with Crippen molar-refractivity contribution in [1.82, 2.24) is 5.06 Å². The molecule has 0 bridgehead atoms. The Labute approximate surface area is 81.3 Å². The lowest BCUT2D eigenvalue weighted by Gasteiger charge is -2.35. The van der Waals surface area contributed by atoms with E-state index >= 15 is 0 Å². The predicted molar refractivity (Wildman–Crippen MR) is 52.9 cm³/mol. The van der Waals surface area contributed by atoms with Crippen molar-refractivity contribution < 1.29 is 5.21 Å². The maximum absolute atomic E-state index is 9.60. The van der Waals surface area contributed by atoms with Gasteiger partial charge in [-0.15, -0.1) is 12.4 Å². The average Bonchev–Trinajstić information content (AvgIpc) is 1.99. The molecule has 0 spiro atoms. The van der Waals surface area contributed by atoms with Crippen LogP contribution in [0.25, 0.3) is 0 Å². The quantitative estimate of drug-likeness (QED) is 0.729. The van der Waals surface area contributed by atoms with Gasteiger partial charge in [0.25, 0.3) is 0 Å². The number of hydrogen-bond donors (Lipinski definition) is 1. The summed E-state index contributed by atoms with van der Waals surface area (Å²) >= 11 is 0. The van der Waals surface area contributed by atoms with Gasteiger partial charge in [-0.2, -0.15) is 5.06 Å². The van der Waals surface area contributed by atoms with Gasteiger partial charge in [0.2, 0.25) is 0 Å². The second kappa shape index (κ2) is 5.79. The van der Waals surface area contributed by atoms with Crippen molar-refractivity contribution in [3.05, 3.63) is 0 Å². The molecule has 12 heavy (non-hydrogen) atoms. The first kappa shape index (κ1) is 12.2. The molecule has 0 unspecified atom stereocenters. The minimum atomic E-state index is 0. The Hall–Kier alpha value is 0.210. The normalized spacial score (nSPS) is 31.2. The van der Waals surface area contributed by atoms with Gasteiger partial charge < -0.3 is 5.21 Å². The van der Waals surface area contributed by atoms with Crippen LogP contribution in [0.4, 0.5) is 0 Å². The maximum Gasteiger partial charge on any atom is 0.0353 e.